The van der Waals surface area contributed by atoms with Gasteiger partial charge >= 0.3 is 0 Å². The fourth-order valence-electron chi connectivity index (χ4n) is 1.84. The van der Waals surface area contributed by atoms with Crippen LogP contribution in [0.4, 0.5) is 11.5 Å². The first kappa shape index (κ1) is 16.3. The molecule has 0 fully saturated rings. The third kappa shape index (κ3) is 5.01. The van der Waals surface area contributed by atoms with Gasteiger partial charge in [0.2, 0.25) is 0 Å². The lowest BCUT2D eigenvalue weighted by Crippen LogP contribution is -2.02. The summed E-state index contributed by atoms with van der Waals surface area (Å²) in [4.78, 5) is 14.4. The molecule has 2 N–H and O–H groups in total. The van der Waals surface area contributed by atoms with E-state index in [9.17, 15) is 10.1 Å². The molecule has 1 aromatic heterocycles. The van der Waals surface area contributed by atoms with Crippen molar-refractivity contribution >= 4 is 23.3 Å². The van der Waals surface area contributed by atoms with E-state index in [1.54, 1.807) is 30.1 Å². The van der Waals surface area contributed by atoms with Crippen LogP contribution in [0.3, 0.4) is 0 Å². The van der Waals surface area contributed by atoms with Crippen LogP contribution in [0.2, 0.25) is 0 Å². The number of aromatic nitrogens is 1. The average molecular weight is 319 g/mol. The maximum absolute atomic E-state index is 10.6. The number of nitro groups is 1. The lowest BCUT2D eigenvalue weighted by atomic mass is 10.2. The Hall–Kier alpha value is -2.12. The molecular formula is C15H17N3O3S. The molecule has 1 aromatic carbocycles. The first-order valence-corrected chi connectivity index (χ1v) is 7.95. The van der Waals surface area contributed by atoms with Crippen molar-refractivity contribution in [3.05, 3.63) is 63.8 Å². The number of thioether (sulfide) groups is 1. The zero-order valence-electron chi connectivity index (χ0n) is 11.9. The molecule has 116 valence electrons. The van der Waals surface area contributed by atoms with Gasteiger partial charge in [0.15, 0.2) is 0 Å². The van der Waals surface area contributed by atoms with Crippen LogP contribution in [0.25, 0.3) is 0 Å². The lowest BCUT2D eigenvalue weighted by Gasteiger charge is -2.07. The lowest BCUT2D eigenvalue weighted by molar-refractivity contribution is -0.384. The summed E-state index contributed by atoms with van der Waals surface area (Å²) < 4.78 is 0. The Bertz CT molecular complexity index is 620. The molecule has 0 saturated heterocycles. The molecule has 1 heterocycles. The van der Waals surface area contributed by atoms with Gasteiger partial charge in [-0.05, 0) is 23.3 Å². The number of nitrogens with one attached hydrogen (secondary N) is 1. The van der Waals surface area contributed by atoms with Crippen molar-refractivity contribution in [2.24, 2.45) is 0 Å². The van der Waals surface area contributed by atoms with Gasteiger partial charge in [-0.1, -0.05) is 12.1 Å². The Morgan fingerprint density at radius 3 is 2.68 bits per heavy atom. The summed E-state index contributed by atoms with van der Waals surface area (Å²) >= 11 is 1.66. The van der Waals surface area contributed by atoms with E-state index < -0.39 is 4.92 Å². The molecule has 0 saturated carbocycles. The van der Waals surface area contributed by atoms with E-state index in [2.05, 4.69) is 10.3 Å². The smallest absolute Gasteiger partial charge is 0.269 e. The largest absolute Gasteiger partial charge is 0.396 e. The minimum Gasteiger partial charge on any atom is -0.396 e. The maximum atomic E-state index is 10.6. The first-order valence-electron chi connectivity index (χ1n) is 6.80. The predicted octanol–water partition coefficient (Wildman–Crippen LogP) is 2.83. The SMILES string of the molecule is O=[N+]([O-])c1ccc(CNc2cc(CSCCO)ccn2)cc1. The van der Waals surface area contributed by atoms with E-state index in [-0.39, 0.29) is 12.3 Å². The van der Waals surface area contributed by atoms with Crippen LogP contribution >= 0.6 is 11.8 Å². The highest BCUT2D eigenvalue weighted by atomic mass is 32.2. The molecule has 0 aliphatic rings. The van der Waals surface area contributed by atoms with Crippen molar-refractivity contribution in [1.29, 1.82) is 0 Å². The van der Waals surface area contributed by atoms with E-state index in [1.807, 2.05) is 12.1 Å². The van der Waals surface area contributed by atoms with Gasteiger partial charge in [-0.25, -0.2) is 4.98 Å². The number of rotatable bonds is 8. The van der Waals surface area contributed by atoms with E-state index in [0.717, 1.165) is 22.7 Å². The molecule has 6 nitrogen and oxygen atoms in total. The number of nitro benzene ring substituents is 1. The van der Waals surface area contributed by atoms with Gasteiger partial charge in [-0.15, -0.1) is 0 Å². The van der Waals surface area contributed by atoms with Crippen LogP contribution in [0.15, 0.2) is 42.6 Å². The second-order valence-electron chi connectivity index (χ2n) is 4.60. The maximum Gasteiger partial charge on any atom is 0.269 e. The highest BCUT2D eigenvalue weighted by Gasteiger charge is 2.04. The Morgan fingerprint density at radius 2 is 2.00 bits per heavy atom. The molecule has 0 bridgehead atoms. The topological polar surface area (TPSA) is 88.3 Å². The third-order valence-corrected chi connectivity index (χ3v) is 3.96. The summed E-state index contributed by atoms with van der Waals surface area (Å²) in [6.07, 6.45) is 1.74. The van der Waals surface area contributed by atoms with Crippen LogP contribution in [-0.2, 0) is 12.3 Å². The number of aliphatic hydroxyl groups is 1. The van der Waals surface area contributed by atoms with Crippen molar-refractivity contribution in [2.45, 2.75) is 12.3 Å². The molecule has 0 aliphatic heterocycles. The predicted molar refractivity (Wildman–Crippen MR) is 87.9 cm³/mol. The molecular weight excluding hydrogens is 302 g/mol. The minimum atomic E-state index is -0.410. The van der Waals surface area contributed by atoms with Crippen LogP contribution < -0.4 is 5.32 Å². The summed E-state index contributed by atoms with van der Waals surface area (Å²) in [7, 11) is 0. The molecule has 0 aliphatic carbocycles. The van der Waals surface area contributed by atoms with Crippen LogP contribution in [0.1, 0.15) is 11.1 Å². The van der Waals surface area contributed by atoms with Crippen molar-refractivity contribution in [1.82, 2.24) is 4.98 Å². The zero-order chi connectivity index (χ0) is 15.8. The number of non-ortho nitro benzene ring substituents is 1. The molecule has 0 radical (unpaired) electrons. The zero-order valence-corrected chi connectivity index (χ0v) is 12.8. The number of anilines is 1. The number of pyridine rings is 1. The second-order valence-corrected chi connectivity index (χ2v) is 5.71. The number of aliphatic hydroxyl groups excluding tert-OH is 1. The fraction of sp³-hybridized carbons (Fsp3) is 0.267. The number of hydrogen-bond acceptors (Lipinski definition) is 6. The van der Waals surface area contributed by atoms with Crippen molar-refractivity contribution in [3.63, 3.8) is 0 Å². The van der Waals surface area contributed by atoms with E-state index in [1.165, 1.54) is 12.1 Å². The monoisotopic (exact) mass is 319 g/mol. The standard InChI is InChI=1S/C15H17N3O3S/c19-7-8-22-11-13-5-6-16-15(9-13)17-10-12-1-3-14(4-2-12)18(20)21/h1-6,9,19H,7-8,10-11H2,(H,16,17). The Labute approximate surface area is 132 Å². The molecule has 2 rings (SSSR count). The summed E-state index contributed by atoms with van der Waals surface area (Å²) in [5.41, 5.74) is 2.18. The second kappa shape index (κ2) is 8.35. The Balaban J connectivity index is 1.90. The third-order valence-electron chi connectivity index (χ3n) is 2.95. The quantitative estimate of drug-likeness (QED) is 0.442. The molecule has 22 heavy (non-hydrogen) atoms. The van der Waals surface area contributed by atoms with Crippen LogP contribution in [-0.4, -0.2) is 27.4 Å². The molecule has 2 aromatic rings. The molecule has 0 atom stereocenters. The normalized spacial score (nSPS) is 10.4. The van der Waals surface area contributed by atoms with E-state index in [0.29, 0.717) is 12.3 Å². The van der Waals surface area contributed by atoms with Gasteiger partial charge in [0.25, 0.3) is 5.69 Å². The highest BCUT2D eigenvalue weighted by molar-refractivity contribution is 7.98. The number of benzene rings is 1. The molecule has 0 unspecified atom stereocenters. The van der Waals surface area contributed by atoms with Gasteiger partial charge in [-0.3, -0.25) is 10.1 Å². The molecule has 7 heteroatoms. The van der Waals surface area contributed by atoms with Crippen LogP contribution in [0.5, 0.6) is 0 Å². The van der Waals surface area contributed by atoms with Crippen LogP contribution in [0, 0.1) is 10.1 Å². The van der Waals surface area contributed by atoms with E-state index >= 15 is 0 Å². The average Bonchev–Trinajstić information content (AvgIpc) is 2.54. The minimum absolute atomic E-state index is 0.0878. The summed E-state index contributed by atoms with van der Waals surface area (Å²) in [6, 6.07) is 10.4. The summed E-state index contributed by atoms with van der Waals surface area (Å²) in [5, 5.41) is 22.6. The van der Waals surface area contributed by atoms with Gasteiger partial charge < -0.3 is 10.4 Å². The van der Waals surface area contributed by atoms with Gasteiger partial charge in [-0.2, -0.15) is 11.8 Å². The number of hydrogen-bond donors (Lipinski definition) is 2. The molecule has 0 spiro atoms. The van der Waals surface area contributed by atoms with Crippen molar-refractivity contribution in [2.75, 3.05) is 17.7 Å². The first-order chi connectivity index (χ1) is 10.7. The van der Waals surface area contributed by atoms with Gasteiger partial charge in [0.05, 0.1) is 11.5 Å². The highest BCUT2D eigenvalue weighted by Crippen LogP contribution is 2.16. The van der Waals surface area contributed by atoms with Crippen molar-refractivity contribution < 1.29 is 10.0 Å². The van der Waals surface area contributed by atoms with E-state index in [4.69, 9.17) is 5.11 Å². The van der Waals surface area contributed by atoms with Gasteiger partial charge in [0, 0.05) is 36.4 Å². The van der Waals surface area contributed by atoms with Crippen molar-refractivity contribution in [3.8, 4) is 0 Å². The number of nitrogens with zero attached hydrogens (tertiary/aromatic N) is 2. The van der Waals surface area contributed by atoms with Gasteiger partial charge in [0.1, 0.15) is 5.82 Å². The Morgan fingerprint density at radius 1 is 1.23 bits per heavy atom. The summed E-state index contributed by atoms with van der Waals surface area (Å²) in [5.74, 6) is 2.31. The Kier molecular flexibility index (Phi) is 6.17. The molecule has 0 amide bonds. The summed E-state index contributed by atoms with van der Waals surface area (Å²) in [6.45, 7) is 0.735. The fourth-order valence-corrected chi connectivity index (χ4v) is 2.53.